The number of hydrogen-bond acceptors (Lipinski definition) is 3. The van der Waals surface area contributed by atoms with Gasteiger partial charge in [-0.3, -0.25) is 14.3 Å². The van der Waals surface area contributed by atoms with Crippen LogP contribution in [0.5, 0.6) is 5.88 Å². The molecule has 22 heavy (non-hydrogen) atoms. The molecule has 2 aromatic rings. The van der Waals surface area contributed by atoms with Crippen molar-refractivity contribution in [2.75, 3.05) is 0 Å². The summed E-state index contributed by atoms with van der Waals surface area (Å²) < 4.78 is 1.50. The van der Waals surface area contributed by atoms with Gasteiger partial charge in [-0.1, -0.05) is 36.8 Å². The highest BCUT2D eigenvalue weighted by atomic mass is 35.5. The third-order valence-electron chi connectivity index (χ3n) is 2.95. The van der Waals surface area contributed by atoms with Gasteiger partial charge in [0.2, 0.25) is 5.88 Å². The number of nitrogens with one attached hydrogen (secondary N) is 1. The minimum Gasteiger partial charge on any atom is -0.494 e. The van der Waals surface area contributed by atoms with Crippen LogP contribution in [0.3, 0.4) is 0 Å². The van der Waals surface area contributed by atoms with E-state index < -0.39 is 5.56 Å². The molecule has 0 aliphatic heterocycles. The summed E-state index contributed by atoms with van der Waals surface area (Å²) in [4.78, 5) is 14.5. The smallest absolute Gasteiger partial charge is 0.262 e. The van der Waals surface area contributed by atoms with Crippen molar-refractivity contribution in [3.05, 3.63) is 68.2 Å². The molecule has 2 rings (SSSR count). The summed E-state index contributed by atoms with van der Waals surface area (Å²) in [6.07, 6.45) is 7.89. The molecule has 0 amide bonds. The molecule has 0 aliphatic rings. The highest BCUT2D eigenvalue weighted by Crippen LogP contribution is 2.21. The van der Waals surface area contributed by atoms with Gasteiger partial charge in [0.1, 0.15) is 5.56 Å². The van der Waals surface area contributed by atoms with Gasteiger partial charge in [-0.2, -0.15) is 0 Å². The number of benzene rings is 1. The molecule has 0 unspecified atom stereocenters. The second-order valence-corrected chi connectivity index (χ2v) is 5.33. The Morgan fingerprint density at radius 1 is 1.32 bits per heavy atom. The lowest BCUT2D eigenvalue weighted by molar-refractivity contribution is 0.432. The van der Waals surface area contributed by atoms with Crippen LogP contribution < -0.4 is 5.56 Å². The first-order valence-electron chi connectivity index (χ1n) is 6.72. The number of aromatic amines is 1. The molecule has 0 fully saturated rings. The number of hydrogen-bond donors (Lipinski definition) is 2. The van der Waals surface area contributed by atoms with Crippen molar-refractivity contribution in [2.45, 2.75) is 13.3 Å². The topological polar surface area (TPSA) is 58.0 Å². The minimum absolute atomic E-state index is 0.117. The second-order valence-electron chi connectivity index (χ2n) is 4.50. The Kier molecular flexibility index (Phi) is 5.35. The van der Waals surface area contributed by atoms with Crippen molar-refractivity contribution < 1.29 is 5.11 Å². The lowest BCUT2D eigenvalue weighted by atomic mass is 10.2. The number of H-pyrrole nitrogens is 1. The van der Waals surface area contributed by atoms with E-state index in [1.807, 2.05) is 19.1 Å². The van der Waals surface area contributed by atoms with E-state index in [0.29, 0.717) is 10.7 Å². The van der Waals surface area contributed by atoms with E-state index in [0.717, 1.165) is 6.42 Å². The van der Waals surface area contributed by atoms with Crippen LogP contribution in [0.1, 0.15) is 18.9 Å². The van der Waals surface area contributed by atoms with E-state index >= 15 is 0 Å². The molecule has 114 valence electrons. The van der Waals surface area contributed by atoms with Crippen LogP contribution in [0.25, 0.3) is 11.8 Å². The summed E-state index contributed by atoms with van der Waals surface area (Å²) >= 11 is 11.0. The van der Waals surface area contributed by atoms with Gasteiger partial charge in [0.05, 0.1) is 5.69 Å². The number of allylic oxidation sites excluding steroid dienone is 3. The number of aromatic hydroxyl groups is 1. The fourth-order valence-corrected chi connectivity index (χ4v) is 2.30. The van der Waals surface area contributed by atoms with Crippen molar-refractivity contribution in [1.29, 1.82) is 0 Å². The van der Waals surface area contributed by atoms with Gasteiger partial charge in [-0.15, -0.1) is 0 Å². The molecule has 1 aromatic carbocycles. The minimum atomic E-state index is -0.436. The Balaban J connectivity index is 2.59. The van der Waals surface area contributed by atoms with Crippen molar-refractivity contribution in [3.8, 4) is 11.6 Å². The average molecular weight is 335 g/mol. The molecule has 0 aliphatic carbocycles. The Morgan fingerprint density at radius 3 is 2.64 bits per heavy atom. The Morgan fingerprint density at radius 2 is 2.00 bits per heavy atom. The quantitative estimate of drug-likeness (QED) is 0.649. The maximum absolute atomic E-state index is 12.0. The molecule has 0 radical (unpaired) electrons. The molecule has 0 atom stereocenters. The van der Waals surface area contributed by atoms with E-state index in [2.05, 4.69) is 4.98 Å². The van der Waals surface area contributed by atoms with Gasteiger partial charge in [0, 0.05) is 5.02 Å². The number of halogens is 1. The van der Waals surface area contributed by atoms with Crippen LogP contribution >= 0.6 is 23.8 Å². The van der Waals surface area contributed by atoms with Crippen LogP contribution in [-0.4, -0.2) is 14.7 Å². The Bertz CT molecular complexity index is 833. The van der Waals surface area contributed by atoms with E-state index in [-0.39, 0.29) is 16.2 Å². The van der Waals surface area contributed by atoms with Gasteiger partial charge in [0.25, 0.3) is 5.56 Å². The van der Waals surface area contributed by atoms with Crippen LogP contribution in [0.2, 0.25) is 5.02 Å². The summed E-state index contributed by atoms with van der Waals surface area (Å²) in [6.45, 7) is 2.01. The van der Waals surface area contributed by atoms with Gasteiger partial charge in [-0.05, 0) is 49.0 Å². The molecule has 0 saturated carbocycles. The maximum Gasteiger partial charge on any atom is 0.262 e. The Labute approximate surface area is 138 Å². The van der Waals surface area contributed by atoms with E-state index in [1.165, 1.54) is 4.57 Å². The highest BCUT2D eigenvalue weighted by Gasteiger charge is 2.11. The molecular weight excluding hydrogens is 320 g/mol. The van der Waals surface area contributed by atoms with Crippen LogP contribution in [0, 0.1) is 4.77 Å². The average Bonchev–Trinajstić information content (AvgIpc) is 2.48. The van der Waals surface area contributed by atoms with Crippen LogP contribution in [-0.2, 0) is 0 Å². The first kappa shape index (κ1) is 16.3. The lowest BCUT2D eigenvalue weighted by Gasteiger charge is -2.11. The molecule has 6 heteroatoms. The van der Waals surface area contributed by atoms with Crippen LogP contribution in [0.15, 0.2) is 47.3 Å². The maximum atomic E-state index is 12.0. The fraction of sp³-hybridized carbons (Fsp3) is 0.125. The summed E-state index contributed by atoms with van der Waals surface area (Å²) in [7, 11) is 0. The summed E-state index contributed by atoms with van der Waals surface area (Å²) in [5, 5.41) is 11.0. The van der Waals surface area contributed by atoms with E-state index in [4.69, 9.17) is 23.8 Å². The lowest BCUT2D eigenvalue weighted by Crippen LogP contribution is -2.15. The largest absolute Gasteiger partial charge is 0.494 e. The molecule has 0 saturated heterocycles. The number of aromatic nitrogens is 2. The molecule has 0 spiro atoms. The third kappa shape index (κ3) is 3.55. The predicted molar refractivity (Wildman–Crippen MR) is 92.4 cm³/mol. The first-order valence-corrected chi connectivity index (χ1v) is 7.50. The molecular formula is C16H15ClN2O2S. The molecule has 4 nitrogen and oxygen atoms in total. The van der Waals surface area contributed by atoms with Crippen molar-refractivity contribution in [1.82, 2.24) is 9.55 Å². The normalized spacial score (nSPS) is 11.5. The van der Waals surface area contributed by atoms with Gasteiger partial charge >= 0.3 is 0 Å². The van der Waals surface area contributed by atoms with Crippen molar-refractivity contribution >= 4 is 29.9 Å². The predicted octanol–water partition coefficient (Wildman–Crippen LogP) is 4.23. The summed E-state index contributed by atoms with van der Waals surface area (Å²) in [5.74, 6) is -0.211. The van der Waals surface area contributed by atoms with E-state index in [1.54, 1.807) is 36.4 Å². The zero-order valence-electron chi connectivity index (χ0n) is 11.9. The van der Waals surface area contributed by atoms with Gasteiger partial charge in [-0.25, -0.2) is 0 Å². The molecule has 2 N–H and O–H groups in total. The second kappa shape index (κ2) is 7.24. The van der Waals surface area contributed by atoms with Crippen molar-refractivity contribution in [3.63, 3.8) is 0 Å². The van der Waals surface area contributed by atoms with E-state index in [9.17, 15) is 9.90 Å². The number of nitrogens with zero attached hydrogens (tertiary/aromatic N) is 1. The number of rotatable bonds is 4. The molecule has 0 bridgehead atoms. The fourth-order valence-electron chi connectivity index (χ4n) is 1.88. The first-order chi connectivity index (χ1) is 10.5. The zero-order valence-corrected chi connectivity index (χ0v) is 13.5. The van der Waals surface area contributed by atoms with Gasteiger partial charge < -0.3 is 5.11 Å². The Hall–Kier alpha value is -2.11. The summed E-state index contributed by atoms with van der Waals surface area (Å²) in [6, 6.07) is 6.78. The SMILES string of the molecule is CCC=CC=Cc1c(O)n(-c2ccc(Cl)cc2)c(=S)[nH]c1=O. The third-order valence-corrected chi connectivity index (χ3v) is 3.49. The van der Waals surface area contributed by atoms with Gasteiger partial charge in [0.15, 0.2) is 4.77 Å². The highest BCUT2D eigenvalue weighted by molar-refractivity contribution is 7.71. The summed E-state index contributed by atoms with van der Waals surface area (Å²) in [5.41, 5.74) is 0.320. The molecule has 1 heterocycles. The standard InChI is InChI=1S/C16H15ClN2O2S/c1-2-3-4-5-6-13-14(20)18-16(22)19(15(13)21)12-9-7-11(17)8-10-12/h3-10,21H,2H2,1H3,(H,18,20,22). The zero-order chi connectivity index (χ0) is 16.1. The molecule has 1 aromatic heterocycles. The van der Waals surface area contributed by atoms with Crippen molar-refractivity contribution in [2.24, 2.45) is 0 Å². The monoisotopic (exact) mass is 334 g/mol. The van der Waals surface area contributed by atoms with Crippen LogP contribution in [0.4, 0.5) is 0 Å².